The van der Waals surface area contributed by atoms with Crippen LogP contribution in [0.2, 0.25) is 5.02 Å². The van der Waals surface area contributed by atoms with Gasteiger partial charge in [-0.1, -0.05) is 28.9 Å². The number of nitrogens with one attached hydrogen (secondary N) is 1. The summed E-state index contributed by atoms with van der Waals surface area (Å²) in [6.07, 6.45) is 2.37. The van der Waals surface area contributed by atoms with E-state index < -0.39 is 12.2 Å². The Morgan fingerprint density at radius 2 is 2.26 bits per heavy atom. The summed E-state index contributed by atoms with van der Waals surface area (Å²) < 4.78 is 6.91. The third-order valence-electron chi connectivity index (χ3n) is 3.61. The van der Waals surface area contributed by atoms with Gasteiger partial charge in [0.25, 0.3) is 5.91 Å². The Kier molecular flexibility index (Phi) is 4.90. The van der Waals surface area contributed by atoms with E-state index in [1.165, 1.54) is 4.68 Å². The summed E-state index contributed by atoms with van der Waals surface area (Å²) >= 11 is 6.15. The number of hydroxylamine groups is 1. The Morgan fingerprint density at radius 1 is 1.43 bits per heavy atom. The maximum absolute atomic E-state index is 12.2. The summed E-state index contributed by atoms with van der Waals surface area (Å²) in [6.45, 7) is 2.39. The van der Waals surface area contributed by atoms with E-state index in [1.807, 2.05) is 12.1 Å². The number of benzene rings is 1. The van der Waals surface area contributed by atoms with Crippen molar-refractivity contribution < 1.29 is 14.4 Å². The minimum Gasteiger partial charge on any atom is -0.350 e. The number of carbonyl (C=O) groups excluding carboxylic acids is 1. The van der Waals surface area contributed by atoms with Crippen molar-refractivity contribution in [2.24, 2.45) is 0 Å². The van der Waals surface area contributed by atoms with Crippen LogP contribution < -0.4 is 5.48 Å². The average Bonchev–Trinajstić information content (AvgIpc) is 2.95. The van der Waals surface area contributed by atoms with Crippen LogP contribution in [0.1, 0.15) is 35.4 Å². The SMILES string of the molecule is Cc1c(C(=O)NOC2CCCCO2)nnn1-c1ccccc1Cl. The number of halogens is 1. The summed E-state index contributed by atoms with van der Waals surface area (Å²) in [4.78, 5) is 17.5. The maximum Gasteiger partial charge on any atom is 0.297 e. The molecule has 0 spiro atoms. The number of aromatic nitrogens is 3. The number of hydrogen-bond acceptors (Lipinski definition) is 5. The predicted molar refractivity (Wildman–Crippen MR) is 83.2 cm³/mol. The van der Waals surface area contributed by atoms with Crippen LogP contribution in [0.25, 0.3) is 5.69 Å². The van der Waals surface area contributed by atoms with E-state index in [-0.39, 0.29) is 5.69 Å². The molecular weight excluding hydrogens is 320 g/mol. The Bertz CT molecular complexity index is 698. The third kappa shape index (κ3) is 3.52. The number of para-hydroxylation sites is 1. The van der Waals surface area contributed by atoms with Crippen molar-refractivity contribution in [2.75, 3.05) is 6.61 Å². The molecule has 1 N–H and O–H groups in total. The molecule has 7 nitrogen and oxygen atoms in total. The molecule has 23 heavy (non-hydrogen) atoms. The summed E-state index contributed by atoms with van der Waals surface area (Å²) in [6, 6.07) is 7.22. The first-order chi connectivity index (χ1) is 11.2. The first kappa shape index (κ1) is 15.9. The van der Waals surface area contributed by atoms with Gasteiger partial charge in [0.2, 0.25) is 0 Å². The first-order valence-corrected chi connectivity index (χ1v) is 7.79. The van der Waals surface area contributed by atoms with Crippen molar-refractivity contribution in [3.05, 3.63) is 40.7 Å². The zero-order chi connectivity index (χ0) is 16.2. The van der Waals surface area contributed by atoms with Crippen molar-refractivity contribution in [2.45, 2.75) is 32.5 Å². The minimum absolute atomic E-state index is 0.181. The molecular formula is C15H17ClN4O3. The van der Waals surface area contributed by atoms with E-state index >= 15 is 0 Å². The Hall–Kier alpha value is -1.96. The van der Waals surface area contributed by atoms with E-state index in [4.69, 9.17) is 21.2 Å². The lowest BCUT2D eigenvalue weighted by atomic mass is 10.2. The highest BCUT2D eigenvalue weighted by atomic mass is 35.5. The van der Waals surface area contributed by atoms with Crippen LogP contribution in [0, 0.1) is 6.92 Å². The molecule has 1 aliphatic rings. The third-order valence-corrected chi connectivity index (χ3v) is 3.93. The predicted octanol–water partition coefficient (Wildman–Crippen LogP) is 2.42. The van der Waals surface area contributed by atoms with Gasteiger partial charge in [0, 0.05) is 13.0 Å². The fourth-order valence-corrected chi connectivity index (χ4v) is 2.58. The van der Waals surface area contributed by atoms with Crippen molar-refractivity contribution >= 4 is 17.5 Å². The van der Waals surface area contributed by atoms with Crippen molar-refractivity contribution in [1.29, 1.82) is 0 Å². The van der Waals surface area contributed by atoms with Crippen molar-refractivity contribution in [3.8, 4) is 5.69 Å². The lowest BCUT2D eigenvalue weighted by Gasteiger charge is -2.21. The Balaban J connectivity index is 1.71. The molecule has 122 valence electrons. The highest BCUT2D eigenvalue weighted by molar-refractivity contribution is 6.32. The molecule has 8 heteroatoms. The number of nitrogens with zero attached hydrogens (tertiary/aromatic N) is 3. The van der Waals surface area contributed by atoms with Gasteiger partial charge >= 0.3 is 0 Å². The number of hydrogen-bond donors (Lipinski definition) is 1. The molecule has 1 aromatic heterocycles. The summed E-state index contributed by atoms with van der Waals surface area (Å²) in [7, 11) is 0. The molecule has 2 aromatic rings. The summed E-state index contributed by atoms with van der Waals surface area (Å²) in [5, 5.41) is 8.44. The highest BCUT2D eigenvalue weighted by Gasteiger charge is 2.21. The van der Waals surface area contributed by atoms with Gasteiger partial charge in [-0.05, 0) is 31.9 Å². The molecule has 1 amide bonds. The van der Waals surface area contributed by atoms with Gasteiger partial charge in [-0.2, -0.15) is 0 Å². The lowest BCUT2D eigenvalue weighted by molar-refractivity contribution is -0.186. The van der Waals surface area contributed by atoms with Gasteiger partial charge in [0.1, 0.15) is 0 Å². The minimum atomic E-state index is -0.463. The summed E-state index contributed by atoms with van der Waals surface area (Å²) in [5.74, 6) is -0.463. The quantitative estimate of drug-likeness (QED) is 0.867. The van der Waals surface area contributed by atoms with Crippen molar-refractivity contribution in [3.63, 3.8) is 0 Å². The second kappa shape index (κ2) is 7.08. The average molecular weight is 337 g/mol. The van der Waals surface area contributed by atoms with Crippen LogP contribution in [-0.2, 0) is 9.57 Å². The largest absolute Gasteiger partial charge is 0.350 e. The molecule has 1 saturated heterocycles. The van der Waals surface area contributed by atoms with Gasteiger partial charge in [-0.3, -0.25) is 4.79 Å². The topological polar surface area (TPSA) is 78.3 Å². The van der Waals surface area contributed by atoms with Gasteiger partial charge in [0.15, 0.2) is 12.0 Å². The highest BCUT2D eigenvalue weighted by Crippen LogP contribution is 2.21. The maximum atomic E-state index is 12.2. The molecule has 0 aliphatic carbocycles. The van der Waals surface area contributed by atoms with Gasteiger partial charge in [-0.15, -0.1) is 5.10 Å². The molecule has 1 aromatic carbocycles. The molecule has 0 radical (unpaired) electrons. The fourth-order valence-electron chi connectivity index (χ4n) is 2.36. The fraction of sp³-hybridized carbons (Fsp3) is 0.400. The normalized spacial score (nSPS) is 17.9. The van der Waals surface area contributed by atoms with E-state index in [1.54, 1.807) is 19.1 Å². The lowest BCUT2D eigenvalue weighted by Crippen LogP contribution is -2.33. The van der Waals surface area contributed by atoms with E-state index in [2.05, 4.69) is 15.8 Å². The molecule has 2 heterocycles. The molecule has 3 rings (SSSR count). The number of amides is 1. The van der Waals surface area contributed by atoms with E-state index in [9.17, 15) is 4.79 Å². The van der Waals surface area contributed by atoms with Gasteiger partial charge < -0.3 is 4.74 Å². The number of carbonyl (C=O) groups is 1. The molecule has 1 unspecified atom stereocenters. The zero-order valence-electron chi connectivity index (χ0n) is 12.7. The number of ether oxygens (including phenoxy) is 1. The first-order valence-electron chi connectivity index (χ1n) is 7.41. The van der Waals surface area contributed by atoms with Crippen LogP contribution in [0.3, 0.4) is 0 Å². The molecule has 1 atom stereocenters. The van der Waals surface area contributed by atoms with Crippen LogP contribution in [-0.4, -0.2) is 33.8 Å². The molecule has 0 saturated carbocycles. The Labute approximate surface area is 138 Å². The number of rotatable bonds is 4. The molecule has 0 bridgehead atoms. The second-order valence-electron chi connectivity index (χ2n) is 5.23. The van der Waals surface area contributed by atoms with Crippen LogP contribution in [0.4, 0.5) is 0 Å². The van der Waals surface area contributed by atoms with E-state index in [0.717, 1.165) is 19.3 Å². The van der Waals surface area contributed by atoms with Gasteiger partial charge in [-0.25, -0.2) is 15.0 Å². The van der Waals surface area contributed by atoms with Crippen LogP contribution in [0.15, 0.2) is 24.3 Å². The van der Waals surface area contributed by atoms with Crippen LogP contribution >= 0.6 is 11.6 Å². The standard InChI is InChI=1S/C15H17ClN4O3/c1-10-14(15(21)18-23-13-8-4-5-9-22-13)17-19-20(10)12-7-3-2-6-11(12)16/h2-3,6-7,13H,4-5,8-9H2,1H3,(H,18,21). The smallest absolute Gasteiger partial charge is 0.297 e. The monoisotopic (exact) mass is 336 g/mol. The van der Waals surface area contributed by atoms with Crippen LogP contribution in [0.5, 0.6) is 0 Å². The molecule has 1 aliphatic heterocycles. The van der Waals surface area contributed by atoms with Gasteiger partial charge in [0.05, 0.1) is 16.4 Å². The van der Waals surface area contributed by atoms with E-state index in [0.29, 0.717) is 23.0 Å². The van der Waals surface area contributed by atoms with Crippen molar-refractivity contribution in [1.82, 2.24) is 20.5 Å². The molecule has 1 fully saturated rings. The zero-order valence-corrected chi connectivity index (χ0v) is 13.4. The summed E-state index contributed by atoms with van der Waals surface area (Å²) in [5.41, 5.74) is 3.79. The second-order valence-corrected chi connectivity index (χ2v) is 5.64. The Morgan fingerprint density at radius 3 is 3.00 bits per heavy atom.